The highest BCUT2D eigenvalue weighted by molar-refractivity contribution is 7.15. The molecule has 9 rings (SSSR count). The van der Waals surface area contributed by atoms with Crippen molar-refractivity contribution < 1.29 is 19.2 Å². The third-order valence-electron chi connectivity index (χ3n) is 12.8. The first-order chi connectivity index (χ1) is 26.6. The standard InChI is InChI=1S/C40H44ClN9O4S/c1-25-18-40(24-49(25)28-3-2-26(19-42)33(41)17-28)8-10-47(11-9-40)39-43-20-30(55-39)23-45-12-14-46(15-13-45)29-21-48(22-29)27-4-5-31-32(16-27)38(54)50(37(31)53)34-6-7-35(51)44-36(34)52/h2-5,16-17,20,25,29,34H,6-15,18,21-24H2,1H3,(H,44,51,52)/t25-,34?/m0/s1. The number of rotatable bonds is 7. The summed E-state index contributed by atoms with van der Waals surface area (Å²) < 4.78 is 0. The number of fused-ring (bicyclic) bond motifs is 1. The van der Waals surface area contributed by atoms with Gasteiger partial charge in [-0.15, -0.1) is 11.3 Å². The Morgan fingerprint density at radius 3 is 2.42 bits per heavy atom. The summed E-state index contributed by atoms with van der Waals surface area (Å²) in [4.78, 5) is 69.9. The molecule has 1 aromatic heterocycles. The molecule has 2 aromatic carbocycles. The van der Waals surface area contributed by atoms with E-state index in [9.17, 15) is 24.4 Å². The molecule has 0 aliphatic carbocycles. The number of nitrogens with zero attached hydrogens (tertiary/aromatic N) is 8. The van der Waals surface area contributed by atoms with Crippen LogP contribution in [-0.2, 0) is 16.1 Å². The summed E-state index contributed by atoms with van der Waals surface area (Å²) >= 11 is 8.21. The van der Waals surface area contributed by atoms with Crippen molar-refractivity contribution >= 4 is 63.1 Å². The number of thiazole rings is 1. The number of hydrogen-bond acceptors (Lipinski definition) is 12. The highest BCUT2D eigenvalue weighted by Crippen LogP contribution is 2.46. The molecule has 6 aliphatic rings. The number of aromatic nitrogens is 1. The first kappa shape index (κ1) is 36.1. The van der Waals surface area contributed by atoms with E-state index in [-0.39, 0.29) is 24.2 Å². The van der Waals surface area contributed by atoms with E-state index in [0.29, 0.717) is 33.8 Å². The number of piperidine rings is 2. The number of halogens is 1. The van der Waals surface area contributed by atoms with E-state index in [1.54, 1.807) is 12.1 Å². The smallest absolute Gasteiger partial charge is 0.262 e. The van der Waals surface area contributed by atoms with E-state index in [2.05, 4.69) is 49.0 Å². The van der Waals surface area contributed by atoms with Gasteiger partial charge in [-0.2, -0.15) is 5.26 Å². The highest BCUT2D eigenvalue weighted by atomic mass is 35.5. The Kier molecular flexibility index (Phi) is 9.32. The van der Waals surface area contributed by atoms with E-state index < -0.39 is 23.8 Å². The number of carbonyl (C=O) groups is 4. The summed E-state index contributed by atoms with van der Waals surface area (Å²) in [6.07, 6.45) is 5.76. The van der Waals surface area contributed by atoms with Crippen molar-refractivity contribution in [3.63, 3.8) is 0 Å². The minimum Gasteiger partial charge on any atom is -0.368 e. The number of imide groups is 2. The van der Waals surface area contributed by atoms with Gasteiger partial charge in [0.1, 0.15) is 12.1 Å². The Balaban J connectivity index is 0.731. The van der Waals surface area contributed by atoms with E-state index in [1.165, 1.54) is 4.88 Å². The topological polar surface area (TPSA) is 136 Å². The Morgan fingerprint density at radius 1 is 0.945 bits per heavy atom. The SMILES string of the molecule is C[C@H]1CC2(CCN(c3ncc(CN4CCN(C5CN(c6ccc7c(c6)C(=O)N(C6CCC(=O)NC6=O)C7=O)C5)CC4)s3)CC2)CN1c1ccc(C#N)c(Cl)c1. The van der Waals surface area contributed by atoms with Crippen LogP contribution in [0.2, 0.25) is 5.02 Å². The average Bonchev–Trinajstić information content (AvgIpc) is 3.82. The van der Waals surface area contributed by atoms with Crippen molar-refractivity contribution in [3.8, 4) is 6.07 Å². The zero-order valence-corrected chi connectivity index (χ0v) is 32.4. The number of nitriles is 1. The summed E-state index contributed by atoms with van der Waals surface area (Å²) in [5.41, 5.74) is 3.44. The zero-order valence-electron chi connectivity index (χ0n) is 30.9. The molecule has 5 saturated heterocycles. The molecule has 55 heavy (non-hydrogen) atoms. The first-order valence-electron chi connectivity index (χ1n) is 19.3. The van der Waals surface area contributed by atoms with Gasteiger partial charge in [0.05, 0.1) is 21.7 Å². The molecule has 3 aromatic rings. The van der Waals surface area contributed by atoms with Gasteiger partial charge in [-0.25, -0.2) is 4.98 Å². The van der Waals surface area contributed by atoms with Crippen LogP contribution in [-0.4, -0.2) is 120 Å². The monoisotopic (exact) mass is 781 g/mol. The van der Waals surface area contributed by atoms with Gasteiger partial charge in [0.15, 0.2) is 5.13 Å². The van der Waals surface area contributed by atoms with E-state index >= 15 is 0 Å². The van der Waals surface area contributed by atoms with Gasteiger partial charge in [-0.3, -0.25) is 39.2 Å². The summed E-state index contributed by atoms with van der Waals surface area (Å²) in [5.74, 6) is -1.93. The largest absolute Gasteiger partial charge is 0.368 e. The number of benzene rings is 2. The molecule has 1 N–H and O–H groups in total. The molecule has 13 nitrogen and oxygen atoms in total. The molecular formula is C40H44ClN9O4S. The van der Waals surface area contributed by atoms with Crippen LogP contribution in [0.5, 0.6) is 0 Å². The van der Waals surface area contributed by atoms with Crippen molar-refractivity contribution in [1.29, 1.82) is 5.26 Å². The molecule has 2 atom stereocenters. The predicted molar refractivity (Wildman–Crippen MR) is 210 cm³/mol. The maximum Gasteiger partial charge on any atom is 0.262 e. The Labute approximate surface area is 329 Å². The molecule has 5 fully saturated rings. The maximum absolute atomic E-state index is 13.3. The van der Waals surface area contributed by atoms with Crippen LogP contribution in [0.15, 0.2) is 42.6 Å². The molecular weight excluding hydrogens is 738 g/mol. The molecule has 0 saturated carbocycles. The number of amides is 4. The zero-order chi connectivity index (χ0) is 38.0. The average molecular weight is 782 g/mol. The van der Waals surface area contributed by atoms with Gasteiger partial charge < -0.3 is 14.7 Å². The Hall–Kier alpha value is -4.55. The van der Waals surface area contributed by atoms with Crippen molar-refractivity contribution in [2.45, 2.75) is 63.7 Å². The molecule has 4 amide bonds. The fraction of sp³-hybridized carbons (Fsp3) is 0.500. The minimum atomic E-state index is -0.959. The summed E-state index contributed by atoms with van der Waals surface area (Å²) in [5, 5.41) is 13.2. The molecule has 1 unspecified atom stereocenters. The van der Waals surface area contributed by atoms with Crippen molar-refractivity contribution in [2.24, 2.45) is 5.41 Å². The van der Waals surface area contributed by atoms with Crippen molar-refractivity contribution in [2.75, 3.05) is 73.6 Å². The number of nitrogens with one attached hydrogen (secondary N) is 1. The summed E-state index contributed by atoms with van der Waals surface area (Å²) in [6.45, 7) is 12.0. The van der Waals surface area contributed by atoms with Gasteiger partial charge in [-0.05, 0) is 74.4 Å². The van der Waals surface area contributed by atoms with Crippen molar-refractivity contribution in [3.05, 3.63) is 69.2 Å². The molecule has 7 heterocycles. The third-order valence-corrected chi connectivity index (χ3v) is 14.1. The van der Waals surface area contributed by atoms with Gasteiger partial charge in [0.25, 0.3) is 11.8 Å². The van der Waals surface area contributed by atoms with Crippen LogP contribution in [0.3, 0.4) is 0 Å². The van der Waals surface area contributed by atoms with Crippen molar-refractivity contribution in [1.82, 2.24) is 25.0 Å². The lowest BCUT2D eigenvalue weighted by Gasteiger charge is -2.49. The number of hydrogen-bond donors (Lipinski definition) is 1. The van der Waals surface area contributed by atoms with Gasteiger partial charge in [0.2, 0.25) is 11.8 Å². The van der Waals surface area contributed by atoms with Gasteiger partial charge in [0, 0.05) is 106 Å². The second-order valence-corrected chi connectivity index (χ2v) is 17.6. The summed E-state index contributed by atoms with van der Waals surface area (Å²) in [7, 11) is 0. The second-order valence-electron chi connectivity index (χ2n) is 16.1. The lowest BCUT2D eigenvalue weighted by molar-refractivity contribution is -0.136. The van der Waals surface area contributed by atoms with Crippen LogP contribution in [0.4, 0.5) is 16.5 Å². The van der Waals surface area contributed by atoms with E-state index in [4.69, 9.17) is 16.6 Å². The lowest BCUT2D eigenvalue weighted by atomic mass is 9.77. The minimum absolute atomic E-state index is 0.102. The van der Waals surface area contributed by atoms with Gasteiger partial charge >= 0.3 is 0 Å². The molecule has 286 valence electrons. The molecule has 0 bridgehead atoms. The van der Waals surface area contributed by atoms with Crippen LogP contribution in [0.25, 0.3) is 0 Å². The van der Waals surface area contributed by atoms with Crippen LogP contribution < -0.4 is 20.0 Å². The van der Waals surface area contributed by atoms with E-state index in [1.807, 2.05) is 35.6 Å². The molecule has 15 heteroatoms. The normalized spacial score (nSPS) is 24.7. The summed E-state index contributed by atoms with van der Waals surface area (Å²) in [6, 6.07) is 13.2. The van der Waals surface area contributed by atoms with Crippen LogP contribution >= 0.6 is 22.9 Å². The number of carbonyl (C=O) groups excluding carboxylic acids is 4. The molecule has 0 radical (unpaired) electrons. The first-order valence-corrected chi connectivity index (χ1v) is 20.5. The predicted octanol–water partition coefficient (Wildman–Crippen LogP) is 3.96. The number of anilines is 3. The van der Waals surface area contributed by atoms with Crippen LogP contribution in [0.1, 0.15) is 70.2 Å². The Morgan fingerprint density at radius 2 is 1.69 bits per heavy atom. The molecule has 1 spiro atoms. The van der Waals surface area contributed by atoms with Crippen LogP contribution in [0, 0.1) is 16.7 Å². The Bertz CT molecular complexity index is 2100. The lowest BCUT2D eigenvalue weighted by Crippen LogP contribution is -2.63. The molecule has 6 aliphatic heterocycles. The fourth-order valence-electron chi connectivity index (χ4n) is 9.55. The second kappa shape index (κ2) is 14.2. The van der Waals surface area contributed by atoms with Gasteiger partial charge in [-0.1, -0.05) is 11.6 Å². The highest BCUT2D eigenvalue weighted by Gasteiger charge is 2.46. The fourth-order valence-corrected chi connectivity index (χ4v) is 10.8. The third kappa shape index (κ3) is 6.64. The maximum atomic E-state index is 13.3. The van der Waals surface area contributed by atoms with E-state index in [0.717, 1.165) is 106 Å². The number of piperazine rings is 1. The quantitative estimate of drug-likeness (QED) is 0.349.